The minimum atomic E-state index is -0.0975. The highest BCUT2D eigenvalue weighted by Crippen LogP contribution is 2.14. The van der Waals surface area contributed by atoms with Gasteiger partial charge in [-0.1, -0.05) is 61.9 Å². The number of benzene rings is 2. The Hall–Kier alpha value is -2.96. The van der Waals surface area contributed by atoms with E-state index in [4.69, 9.17) is 0 Å². The molecule has 6 heteroatoms. The molecule has 3 aromatic rings. The number of nitrogens with zero attached hydrogens (tertiary/aromatic N) is 4. The van der Waals surface area contributed by atoms with Crippen molar-refractivity contribution < 1.29 is 4.79 Å². The summed E-state index contributed by atoms with van der Waals surface area (Å²) in [5.74, 6) is -0.0975. The van der Waals surface area contributed by atoms with E-state index < -0.39 is 0 Å². The van der Waals surface area contributed by atoms with Gasteiger partial charge in [-0.25, -0.2) is 4.68 Å². The van der Waals surface area contributed by atoms with E-state index in [1.807, 2.05) is 41.1 Å². The van der Waals surface area contributed by atoms with Crippen LogP contribution in [0.2, 0.25) is 0 Å². The minimum absolute atomic E-state index is 0.0975. The molecule has 0 spiro atoms. The molecule has 4 rings (SSSR count). The molecule has 1 aromatic heterocycles. The molecule has 0 aliphatic carbocycles. The van der Waals surface area contributed by atoms with E-state index in [1.165, 1.54) is 5.56 Å². The van der Waals surface area contributed by atoms with E-state index in [-0.39, 0.29) is 5.91 Å². The second kappa shape index (κ2) is 11.1. The van der Waals surface area contributed by atoms with Crippen LogP contribution in [0.4, 0.5) is 0 Å². The van der Waals surface area contributed by atoms with Crippen molar-refractivity contribution in [3.63, 3.8) is 0 Å². The van der Waals surface area contributed by atoms with Gasteiger partial charge in [0.05, 0.1) is 5.69 Å². The summed E-state index contributed by atoms with van der Waals surface area (Å²) in [6, 6.07) is 22.6. The lowest BCUT2D eigenvalue weighted by atomic mass is 10.2. The van der Waals surface area contributed by atoms with Gasteiger partial charge in [0.25, 0.3) is 5.91 Å². The third-order valence-electron chi connectivity index (χ3n) is 5.95. The lowest BCUT2D eigenvalue weighted by Crippen LogP contribution is -2.48. The van der Waals surface area contributed by atoms with E-state index in [0.717, 1.165) is 63.5 Å². The molecule has 1 N–H and O–H groups in total. The molecule has 1 amide bonds. The smallest absolute Gasteiger partial charge is 0.271 e. The maximum Gasteiger partial charge on any atom is 0.271 e. The first kappa shape index (κ1) is 22.2. The van der Waals surface area contributed by atoms with E-state index >= 15 is 0 Å². The van der Waals surface area contributed by atoms with Crippen LogP contribution in [-0.2, 0) is 13.0 Å². The first-order chi connectivity index (χ1) is 15.7. The van der Waals surface area contributed by atoms with Crippen LogP contribution in [0.3, 0.4) is 0 Å². The topological polar surface area (TPSA) is 53.4 Å². The number of carbonyl (C=O) groups is 1. The average molecular weight is 432 g/mol. The zero-order chi connectivity index (χ0) is 22.2. The molecule has 2 aromatic carbocycles. The lowest BCUT2D eigenvalue weighted by molar-refractivity contribution is 0.0929. The normalized spacial score (nSPS) is 15.0. The maximum absolute atomic E-state index is 12.7. The van der Waals surface area contributed by atoms with Gasteiger partial charge in [0.15, 0.2) is 5.69 Å². The number of piperazine rings is 1. The van der Waals surface area contributed by atoms with Crippen molar-refractivity contribution >= 4 is 5.91 Å². The third-order valence-corrected chi connectivity index (χ3v) is 5.95. The number of aryl methyl sites for hydroxylation is 1. The SMILES string of the molecule is CCCc1cc(C(=O)NCCN2CCN(Cc3ccccc3)CC2)nn1-c1ccccc1. The summed E-state index contributed by atoms with van der Waals surface area (Å²) >= 11 is 0. The zero-order valence-electron chi connectivity index (χ0n) is 18.9. The molecule has 2 heterocycles. The first-order valence-corrected chi connectivity index (χ1v) is 11.6. The number of para-hydroxylation sites is 1. The number of amides is 1. The Morgan fingerprint density at radius 2 is 1.59 bits per heavy atom. The maximum atomic E-state index is 12.7. The molecular formula is C26H33N5O. The van der Waals surface area contributed by atoms with Crippen molar-refractivity contribution in [3.8, 4) is 5.69 Å². The molecular weight excluding hydrogens is 398 g/mol. The van der Waals surface area contributed by atoms with E-state index in [0.29, 0.717) is 12.2 Å². The third kappa shape index (κ3) is 5.84. The fraction of sp³-hybridized carbons (Fsp3) is 0.385. The molecule has 32 heavy (non-hydrogen) atoms. The van der Waals surface area contributed by atoms with Crippen molar-refractivity contribution in [2.24, 2.45) is 0 Å². The Bertz CT molecular complexity index is 978. The lowest BCUT2D eigenvalue weighted by Gasteiger charge is -2.34. The van der Waals surface area contributed by atoms with Crippen LogP contribution in [0.15, 0.2) is 66.7 Å². The Labute approximate surface area is 190 Å². The Balaban J connectivity index is 1.25. The summed E-state index contributed by atoms with van der Waals surface area (Å²) in [4.78, 5) is 17.6. The quantitative estimate of drug-likeness (QED) is 0.564. The minimum Gasteiger partial charge on any atom is -0.349 e. The van der Waals surface area contributed by atoms with Crippen LogP contribution in [0.5, 0.6) is 0 Å². The van der Waals surface area contributed by atoms with Gasteiger partial charge in [-0.2, -0.15) is 5.10 Å². The second-order valence-corrected chi connectivity index (χ2v) is 8.38. The summed E-state index contributed by atoms with van der Waals surface area (Å²) in [7, 11) is 0. The van der Waals surface area contributed by atoms with Crippen LogP contribution < -0.4 is 5.32 Å². The van der Waals surface area contributed by atoms with Gasteiger partial charge in [0.1, 0.15) is 0 Å². The molecule has 1 aliphatic rings. The van der Waals surface area contributed by atoms with Gasteiger partial charge in [-0.15, -0.1) is 0 Å². The number of rotatable bonds is 9. The van der Waals surface area contributed by atoms with Gasteiger partial charge in [0, 0.05) is 51.5 Å². The number of nitrogens with one attached hydrogen (secondary N) is 1. The van der Waals surface area contributed by atoms with Gasteiger partial charge < -0.3 is 5.32 Å². The Morgan fingerprint density at radius 3 is 2.28 bits per heavy atom. The number of aromatic nitrogens is 2. The van der Waals surface area contributed by atoms with Crippen molar-refractivity contribution in [1.82, 2.24) is 24.9 Å². The van der Waals surface area contributed by atoms with Gasteiger partial charge >= 0.3 is 0 Å². The first-order valence-electron chi connectivity index (χ1n) is 11.6. The molecule has 6 nitrogen and oxygen atoms in total. The highest BCUT2D eigenvalue weighted by Gasteiger charge is 2.18. The van der Waals surface area contributed by atoms with Crippen molar-refractivity contribution in [2.45, 2.75) is 26.3 Å². The Kier molecular flexibility index (Phi) is 7.69. The zero-order valence-corrected chi connectivity index (χ0v) is 18.9. The summed E-state index contributed by atoms with van der Waals surface area (Å²) in [5.41, 5.74) is 3.91. The van der Waals surface area contributed by atoms with Gasteiger partial charge in [0.2, 0.25) is 0 Å². The number of carbonyl (C=O) groups excluding carboxylic acids is 1. The second-order valence-electron chi connectivity index (χ2n) is 8.38. The van der Waals surface area contributed by atoms with Crippen molar-refractivity contribution in [1.29, 1.82) is 0 Å². The van der Waals surface area contributed by atoms with E-state index in [2.05, 4.69) is 57.5 Å². The molecule has 0 radical (unpaired) electrons. The fourth-order valence-electron chi connectivity index (χ4n) is 4.19. The average Bonchev–Trinajstić information content (AvgIpc) is 3.26. The molecule has 168 valence electrons. The molecule has 1 aliphatic heterocycles. The summed E-state index contributed by atoms with van der Waals surface area (Å²) in [6.45, 7) is 8.84. The molecule has 0 bridgehead atoms. The van der Waals surface area contributed by atoms with Crippen molar-refractivity contribution in [3.05, 3.63) is 83.7 Å². The Morgan fingerprint density at radius 1 is 0.938 bits per heavy atom. The highest BCUT2D eigenvalue weighted by atomic mass is 16.1. The van der Waals surface area contributed by atoms with Gasteiger partial charge in [-0.3, -0.25) is 14.6 Å². The number of hydrogen-bond donors (Lipinski definition) is 1. The molecule has 0 saturated carbocycles. The molecule has 1 fully saturated rings. The highest BCUT2D eigenvalue weighted by molar-refractivity contribution is 5.92. The molecule has 1 saturated heterocycles. The largest absolute Gasteiger partial charge is 0.349 e. The van der Waals surface area contributed by atoms with Crippen LogP contribution in [0, 0.1) is 0 Å². The van der Waals surface area contributed by atoms with Crippen LogP contribution >= 0.6 is 0 Å². The standard InChI is InChI=1S/C26H33N5O/c1-2-9-24-20-25(28-31(24)23-12-7-4-8-13-23)26(32)27-14-15-29-16-18-30(19-17-29)21-22-10-5-3-6-11-22/h3-8,10-13,20H,2,9,14-19,21H2,1H3,(H,27,32). The number of hydrogen-bond acceptors (Lipinski definition) is 4. The summed E-state index contributed by atoms with van der Waals surface area (Å²) in [5, 5.41) is 7.66. The van der Waals surface area contributed by atoms with Crippen molar-refractivity contribution in [2.75, 3.05) is 39.3 Å². The summed E-state index contributed by atoms with van der Waals surface area (Å²) < 4.78 is 1.89. The summed E-state index contributed by atoms with van der Waals surface area (Å²) in [6.07, 6.45) is 1.90. The van der Waals surface area contributed by atoms with Gasteiger partial charge in [-0.05, 0) is 30.2 Å². The van der Waals surface area contributed by atoms with Crippen LogP contribution in [0.25, 0.3) is 5.69 Å². The predicted molar refractivity (Wildman–Crippen MR) is 128 cm³/mol. The fourth-order valence-corrected chi connectivity index (χ4v) is 4.19. The van der Waals surface area contributed by atoms with E-state index in [1.54, 1.807) is 0 Å². The molecule has 0 unspecified atom stereocenters. The van der Waals surface area contributed by atoms with Crippen LogP contribution in [-0.4, -0.2) is 64.8 Å². The monoisotopic (exact) mass is 431 g/mol. The molecule has 0 atom stereocenters. The van der Waals surface area contributed by atoms with Crippen LogP contribution in [0.1, 0.15) is 35.1 Å². The predicted octanol–water partition coefficient (Wildman–Crippen LogP) is 3.37. The van der Waals surface area contributed by atoms with E-state index in [9.17, 15) is 4.79 Å².